The molecule has 11 nitrogen and oxygen atoms in total. The predicted molar refractivity (Wildman–Crippen MR) is 140 cm³/mol. The zero-order valence-corrected chi connectivity index (χ0v) is 23.0. The smallest absolute Gasteiger partial charge is 0.413 e. The Morgan fingerprint density at radius 2 is 1.75 bits per heavy atom. The van der Waals surface area contributed by atoms with Crippen LogP contribution in [0.2, 0.25) is 0 Å². The largest absolute Gasteiger partial charge is 0.493 e. The molecule has 0 N–H and O–H groups in total. The summed E-state index contributed by atoms with van der Waals surface area (Å²) in [5.74, 6) is 1.33. The van der Waals surface area contributed by atoms with Crippen LogP contribution >= 0.6 is 0 Å². The van der Waals surface area contributed by atoms with Crippen LogP contribution in [0.3, 0.4) is 0 Å². The van der Waals surface area contributed by atoms with E-state index in [0.717, 1.165) is 22.3 Å². The van der Waals surface area contributed by atoms with Crippen LogP contribution in [0, 0.1) is 5.92 Å². The molecule has 0 unspecified atom stereocenters. The van der Waals surface area contributed by atoms with Gasteiger partial charge in [0.2, 0.25) is 18.3 Å². The Morgan fingerprint density at radius 1 is 1.00 bits per heavy atom. The number of benzene rings is 2. The highest BCUT2D eigenvalue weighted by Gasteiger charge is 2.50. The number of rotatable bonds is 6. The third-order valence-corrected chi connectivity index (χ3v) is 8.08. The van der Waals surface area contributed by atoms with Crippen LogP contribution in [0.5, 0.6) is 28.7 Å². The number of hydrogen-bond acceptors (Lipinski definition) is 10. The van der Waals surface area contributed by atoms with Crippen molar-refractivity contribution >= 4 is 12.1 Å². The van der Waals surface area contributed by atoms with E-state index in [1.807, 2.05) is 25.1 Å². The van der Waals surface area contributed by atoms with Gasteiger partial charge in [0.05, 0.1) is 34.5 Å². The number of ether oxygens (including phenoxy) is 8. The molecule has 11 heteroatoms. The number of carbonyl (C=O) groups excluding carboxylic acids is 2. The van der Waals surface area contributed by atoms with E-state index in [1.165, 1.54) is 7.11 Å². The van der Waals surface area contributed by atoms with Crippen molar-refractivity contribution in [1.82, 2.24) is 4.90 Å². The SMILES string of the molecule is CC[C@@H]1COC(=O)N1[C@@H]1OC(C(=O)OC)=C[C@@H]2c3cc4c(cc3-c3c(cc(OC)c(OC)c3OC)C[C@H]21)OCO4. The zero-order chi connectivity index (χ0) is 28.1. The van der Waals surface area contributed by atoms with Crippen LogP contribution in [-0.4, -0.2) is 71.1 Å². The van der Waals surface area contributed by atoms with Crippen LogP contribution in [0.1, 0.15) is 30.4 Å². The molecule has 6 rings (SSSR count). The number of amides is 1. The highest BCUT2D eigenvalue weighted by molar-refractivity contribution is 5.88. The number of hydrogen-bond donors (Lipinski definition) is 0. The first-order valence-electron chi connectivity index (χ1n) is 13.1. The van der Waals surface area contributed by atoms with E-state index in [-0.39, 0.29) is 37.0 Å². The minimum atomic E-state index is -0.813. The fraction of sp³-hybridized carbons (Fsp3) is 0.448. The van der Waals surface area contributed by atoms with Gasteiger partial charge in [-0.2, -0.15) is 0 Å². The summed E-state index contributed by atoms with van der Waals surface area (Å²) in [5.41, 5.74) is 3.37. The molecule has 4 aliphatic rings. The Labute approximate surface area is 231 Å². The Balaban J connectivity index is 1.64. The van der Waals surface area contributed by atoms with Gasteiger partial charge in [-0.3, -0.25) is 4.90 Å². The molecule has 3 heterocycles. The number of esters is 1. The van der Waals surface area contributed by atoms with Crippen LogP contribution in [0.25, 0.3) is 11.1 Å². The second-order valence-corrected chi connectivity index (χ2v) is 9.94. The minimum Gasteiger partial charge on any atom is -0.493 e. The quantitative estimate of drug-likeness (QED) is 0.487. The molecule has 4 atom stereocenters. The van der Waals surface area contributed by atoms with Crippen molar-refractivity contribution in [1.29, 1.82) is 0 Å². The molecule has 2 aromatic carbocycles. The molecule has 1 saturated heterocycles. The Hall–Kier alpha value is -4.28. The van der Waals surface area contributed by atoms with E-state index in [0.29, 0.717) is 41.6 Å². The van der Waals surface area contributed by atoms with Gasteiger partial charge in [0.25, 0.3) is 0 Å². The molecule has 2 aromatic rings. The molecule has 40 heavy (non-hydrogen) atoms. The van der Waals surface area contributed by atoms with Gasteiger partial charge in [0.1, 0.15) is 6.61 Å². The summed E-state index contributed by atoms with van der Waals surface area (Å²) in [6, 6.07) is 5.55. The van der Waals surface area contributed by atoms with Gasteiger partial charge in [0, 0.05) is 17.4 Å². The predicted octanol–water partition coefficient (Wildman–Crippen LogP) is 4.01. The number of cyclic esters (lactones) is 1. The van der Waals surface area contributed by atoms with Crippen molar-refractivity contribution in [2.45, 2.75) is 38.0 Å². The summed E-state index contributed by atoms with van der Waals surface area (Å²) in [4.78, 5) is 27.5. The lowest BCUT2D eigenvalue weighted by Crippen LogP contribution is -2.51. The topological polar surface area (TPSA) is 111 Å². The van der Waals surface area contributed by atoms with Crippen molar-refractivity contribution in [2.75, 3.05) is 41.8 Å². The van der Waals surface area contributed by atoms with Gasteiger partial charge in [-0.1, -0.05) is 6.92 Å². The zero-order valence-electron chi connectivity index (χ0n) is 23.0. The minimum absolute atomic E-state index is 0.0278. The molecule has 0 saturated carbocycles. The first-order valence-corrected chi connectivity index (χ1v) is 13.1. The normalized spacial score (nSPS) is 24.0. The van der Waals surface area contributed by atoms with Gasteiger partial charge >= 0.3 is 12.1 Å². The fourth-order valence-electron chi connectivity index (χ4n) is 6.21. The average Bonchev–Trinajstić information content (AvgIpc) is 3.57. The van der Waals surface area contributed by atoms with Gasteiger partial charge in [-0.05, 0) is 53.8 Å². The molecular formula is C29H31NO10. The molecule has 1 fully saturated rings. The van der Waals surface area contributed by atoms with Crippen LogP contribution in [-0.2, 0) is 25.4 Å². The second-order valence-electron chi connectivity index (χ2n) is 9.94. The molecule has 0 aromatic heterocycles. The van der Waals surface area contributed by atoms with E-state index in [1.54, 1.807) is 32.3 Å². The molecule has 0 bridgehead atoms. The standard InChI is InChI=1S/C29H31NO10/c1-6-15-12-37-29(32)30(15)27-19-7-14-8-22(33-2)25(34-3)26(35-4)24(14)18-11-21-20(38-13-39-21)9-16(18)17(19)10-23(40-27)28(31)36-5/h8-11,15,17,19,27H,6-7,12-13H2,1-5H3/t15-,17-,19-,27-/m1/s1. The Bertz CT molecular complexity index is 1400. The van der Waals surface area contributed by atoms with E-state index >= 15 is 0 Å². The van der Waals surface area contributed by atoms with Gasteiger partial charge in [-0.25, -0.2) is 9.59 Å². The lowest BCUT2D eigenvalue weighted by atomic mass is 9.79. The van der Waals surface area contributed by atoms with Crippen LogP contribution in [0.15, 0.2) is 30.0 Å². The average molecular weight is 554 g/mol. The van der Waals surface area contributed by atoms with Crippen LogP contribution in [0.4, 0.5) is 4.79 Å². The Morgan fingerprint density at radius 3 is 2.42 bits per heavy atom. The summed E-state index contributed by atoms with van der Waals surface area (Å²) in [6.07, 6.45) is 1.58. The third-order valence-electron chi connectivity index (χ3n) is 8.08. The number of nitrogens with zero attached hydrogens (tertiary/aromatic N) is 1. The molecule has 3 aliphatic heterocycles. The first-order chi connectivity index (χ1) is 19.4. The van der Waals surface area contributed by atoms with Gasteiger partial charge in [-0.15, -0.1) is 0 Å². The Kier molecular flexibility index (Phi) is 6.52. The van der Waals surface area contributed by atoms with Crippen molar-refractivity contribution < 1.29 is 47.5 Å². The highest BCUT2D eigenvalue weighted by Crippen LogP contribution is 2.56. The molecule has 0 radical (unpaired) electrons. The van der Waals surface area contributed by atoms with Crippen molar-refractivity contribution in [3.05, 3.63) is 41.2 Å². The van der Waals surface area contributed by atoms with Crippen molar-refractivity contribution in [2.24, 2.45) is 5.92 Å². The lowest BCUT2D eigenvalue weighted by Gasteiger charge is -2.41. The van der Waals surface area contributed by atoms with E-state index in [4.69, 9.17) is 37.9 Å². The number of allylic oxidation sites excluding steroid dienone is 1. The summed E-state index contributed by atoms with van der Waals surface area (Å²) in [5, 5.41) is 0. The monoisotopic (exact) mass is 553 g/mol. The van der Waals surface area contributed by atoms with Crippen LogP contribution < -0.4 is 23.7 Å². The van der Waals surface area contributed by atoms with E-state index < -0.39 is 18.3 Å². The van der Waals surface area contributed by atoms with Crippen molar-refractivity contribution in [3.63, 3.8) is 0 Å². The highest BCUT2D eigenvalue weighted by atomic mass is 16.7. The molecule has 212 valence electrons. The summed E-state index contributed by atoms with van der Waals surface area (Å²) in [6.45, 7) is 2.32. The number of carbonyl (C=O) groups is 2. The summed E-state index contributed by atoms with van der Waals surface area (Å²) >= 11 is 0. The van der Waals surface area contributed by atoms with E-state index in [9.17, 15) is 9.59 Å². The molecule has 1 amide bonds. The third kappa shape index (κ3) is 3.86. The maximum atomic E-state index is 13.1. The second kappa shape index (κ2) is 10.0. The fourth-order valence-corrected chi connectivity index (χ4v) is 6.21. The van der Waals surface area contributed by atoms with Gasteiger partial charge < -0.3 is 37.9 Å². The number of methoxy groups -OCH3 is 4. The maximum Gasteiger partial charge on any atom is 0.413 e. The lowest BCUT2D eigenvalue weighted by molar-refractivity contribution is -0.147. The van der Waals surface area contributed by atoms with E-state index in [2.05, 4.69) is 0 Å². The summed E-state index contributed by atoms with van der Waals surface area (Å²) < 4.78 is 45.6. The van der Waals surface area contributed by atoms with Gasteiger partial charge in [0.15, 0.2) is 29.2 Å². The van der Waals surface area contributed by atoms with Crippen molar-refractivity contribution in [3.8, 4) is 39.9 Å². The summed E-state index contributed by atoms with van der Waals surface area (Å²) in [7, 11) is 6.00. The number of fused-ring (bicyclic) bond motifs is 6. The maximum absolute atomic E-state index is 13.1. The first kappa shape index (κ1) is 26.0. The molecular weight excluding hydrogens is 522 g/mol. The molecule has 1 aliphatic carbocycles. The molecule has 0 spiro atoms.